The Morgan fingerprint density at radius 3 is 2.69 bits per heavy atom. The molecule has 0 fully saturated rings. The Labute approximate surface area is 84.9 Å². The highest BCUT2D eigenvalue weighted by Gasteiger charge is 2.06. The number of aliphatic hydroxyl groups is 1. The van der Waals surface area contributed by atoms with Crippen LogP contribution in [0.15, 0.2) is 0 Å². The van der Waals surface area contributed by atoms with Crippen molar-refractivity contribution in [1.29, 1.82) is 0 Å². The fourth-order valence-corrected chi connectivity index (χ4v) is 0.690. The maximum atomic E-state index is 10.8. The first-order valence-electron chi connectivity index (χ1n) is 4.24. The molecule has 1 atom stereocenters. The van der Waals surface area contributed by atoms with E-state index in [-0.39, 0.29) is 31.3 Å². The number of hydrogen-bond acceptors (Lipinski definition) is 4. The molecule has 0 amide bonds. The number of nitrogens with two attached hydrogens (primary N) is 1. The highest BCUT2D eigenvalue weighted by Crippen LogP contribution is 1.97. The van der Waals surface area contributed by atoms with Crippen LogP contribution in [-0.4, -0.2) is 30.3 Å². The highest BCUT2D eigenvalue weighted by molar-refractivity contribution is 5.85. The minimum absolute atomic E-state index is 0. The summed E-state index contributed by atoms with van der Waals surface area (Å²) in [7, 11) is 0. The van der Waals surface area contributed by atoms with E-state index in [2.05, 4.69) is 0 Å². The van der Waals surface area contributed by atoms with Gasteiger partial charge in [0.2, 0.25) is 0 Å². The second-order valence-electron chi connectivity index (χ2n) is 2.65. The Morgan fingerprint density at radius 2 is 2.23 bits per heavy atom. The van der Waals surface area contributed by atoms with E-state index in [1.54, 1.807) is 0 Å². The highest BCUT2D eigenvalue weighted by atomic mass is 35.5. The second kappa shape index (κ2) is 9.77. The Bertz CT molecular complexity index is 133. The molecule has 0 heterocycles. The lowest BCUT2D eigenvalue weighted by Crippen LogP contribution is -2.21. The summed E-state index contributed by atoms with van der Waals surface area (Å²) in [4.78, 5) is 10.8. The molecule has 0 aliphatic heterocycles. The molecule has 0 radical (unpaired) electrons. The minimum Gasteiger partial charge on any atom is -0.466 e. The molecule has 0 saturated heterocycles. The van der Waals surface area contributed by atoms with Crippen LogP contribution in [0.1, 0.15) is 26.2 Å². The van der Waals surface area contributed by atoms with Gasteiger partial charge in [-0.3, -0.25) is 4.79 Å². The summed E-state index contributed by atoms with van der Waals surface area (Å²) >= 11 is 0. The number of esters is 1. The molecular weight excluding hydrogens is 194 g/mol. The van der Waals surface area contributed by atoms with Gasteiger partial charge in [-0.15, -0.1) is 12.4 Å². The quantitative estimate of drug-likeness (QED) is 0.627. The average Bonchev–Trinajstić information content (AvgIpc) is 2.10. The molecule has 4 nitrogen and oxygen atoms in total. The lowest BCUT2D eigenvalue weighted by molar-refractivity contribution is -0.144. The van der Waals surface area contributed by atoms with Gasteiger partial charge >= 0.3 is 5.97 Å². The van der Waals surface area contributed by atoms with Crippen LogP contribution >= 0.6 is 12.4 Å². The summed E-state index contributed by atoms with van der Waals surface area (Å²) in [5.41, 5.74) is 5.16. The predicted molar refractivity (Wildman–Crippen MR) is 52.8 cm³/mol. The molecule has 0 bridgehead atoms. The Balaban J connectivity index is 0. The topological polar surface area (TPSA) is 72.5 Å². The molecule has 80 valence electrons. The first kappa shape index (κ1) is 15.2. The van der Waals surface area contributed by atoms with E-state index >= 15 is 0 Å². The number of rotatable bonds is 6. The third kappa shape index (κ3) is 9.60. The zero-order chi connectivity index (χ0) is 9.40. The molecule has 0 aromatic rings. The third-order valence-corrected chi connectivity index (χ3v) is 1.42. The molecule has 3 N–H and O–H groups in total. The summed E-state index contributed by atoms with van der Waals surface area (Å²) in [6.45, 7) is 2.58. The summed E-state index contributed by atoms with van der Waals surface area (Å²) in [5, 5.41) is 9.00. The van der Waals surface area contributed by atoms with E-state index in [1.807, 2.05) is 6.92 Å². The van der Waals surface area contributed by atoms with Gasteiger partial charge in [-0.05, 0) is 12.8 Å². The van der Waals surface area contributed by atoms with Crippen LogP contribution < -0.4 is 5.73 Å². The third-order valence-electron chi connectivity index (χ3n) is 1.42. The maximum absolute atomic E-state index is 10.8. The molecule has 0 aliphatic carbocycles. The van der Waals surface area contributed by atoms with Gasteiger partial charge < -0.3 is 15.6 Å². The van der Waals surface area contributed by atoms with Gasteiger partial charge in [-0.2, -0.15) is 0 Å². The summed E-state index contributed by atoms with van der Waals surface area (Å²) in [6.07, 6.45) is 0.877. The number of halogens is 1. The summed E-state index contributed by atoms with van der Waals surface area (Å²) in [6, 6.07) is 0. The van der Waals surface area contributed by atoms with Gasteiger partial charge in [-0.25, -0.2) is 0 Å². The fraction of sp³-hybridized carbons (Fsp3) is 0.875. The summed E-state index contributed by atoms with van der Waals surface area (Å²) in [5.74, 6) is -0.260. The number of carbonyl (C=O) groups excluding carboxylic acids is 1. The van der Waals surface area contributed by atoms with Crippen molar-refractivity contribution in [3.8, 4) is 0 Å². The van der Waals surface area contributed by atoms with Crippen LogP contribution in [0.3, 0.4) is 0 Å². The Kier molecular flexibility index (Phi) is 11.4. The van der Waals surface area contributed by atoms with E-state index in [1.165, 1.54) is 0 Å². The van der Waals surface area contributed by atoms with Crippen molar-refractivity contribution in [3.63, 3.8) is 0 Å². The van der Waals surface area contributed by atoms with Crippen molar-refractivity contribution in [3.05, 3.63) is 0 Å². The molecule has 5 heteroatoms. The van der Waals surface area contributed by atoms with Gasteiger partial charge in [0, 0.05) is 13.0 Å². The Morgan fingerprint density at radius 1 is 1.62 bits per heavy atom. The van der Waals surface area contributed by atoms with Crippen LogP contribution in [-0.2, 0) is 9.53 Å². The largest absolute Gasteiger partial charge is 0.466 e. The number of aliphatic hydroxyl groups excluding tert-OH is 1. The molecule has 0 aromatic heterocycles. The first-order valence-corrected chi connectivity index (χ1v) is 4.24. The van der Waals surface area contributed by atoms with Gasteiger partial charge in [-0.1, -0.05) is 6.92 Å². The van der Waals surface area contributed by atoms with Crippen molar-refractivity contribution >= 4 is 18.4 Å². The van der Waals surface area contributed by atoms with Crippen molar-refractivity contribution in [2.45, 2.75) is 32.3 Å². The molecule has 0 spiro atoms. The predicted octanol–water partition coefficient (Wildman–Crippen LogP) is 0.461. The van der Waals surface area contributed by atoms with Gasteiger partial charge in [0.15, 0.2) is 0 Å². The monoisotopic (exact) mass is 211 g/mol. The van der Waals surface area contributed by atoms with Crippen molar-refractivity contribution in [2.24, 2.45) is 5.73 Å². The van der Waals surface area contributed by atoms with Crippen LogP contribution in [0, 0.1) is 0 Å². The van der Waals surface area contributed by atoms with Crippen molar-refractivity contribution in [1.82, 2.24) is 0 Å². The minimum atomic E-state index is -0.584. The number of ether oxygens (including phenoxy) is 1. The van der Waals surface area contributed by atoms with Gasteiger partial charge in [0.25, 0.3) is 0 Å². The summed E-state index contributed by atoms with van der Waals surface area (Å²) < 4.78 is 4.80. The molecule has 13 heavy (non-hydrogen) atoms. The van der Waals surface area contributed by atoms with Gasteiger partial charge in [0.05, 0.1) is 12.7 Å². The molecular formula is C8H18ClNO3. The molecule has 0 aromatic carbocycles. The van der Waals surface area contributed by atoms with Crippen LogP contribution in [0.4, 0.5) is 0 Å². The molecule has 0 saturated carbocycles. The van der Waals surface area contributed by atoms with Crippen LogP contribution in [0.5, 0.6) is 0 Å². The number of hydrogen-bond donors (Lipinski definition) is 2. The van der Waals surface area contributed by atoms with E-state index in [0.29, 0.717) is 13.0 Å². The van der Waals surface area contributed by atoms with Gasteiger partial charge in [0.1, 0.15) is 0 Å². The second-order valence-corrected chi connectivity index (χ2v) is 2.65. The zero-order valence-electron chi connectivity index (χ0n) is 7.86. The van der Waals surface area contributed by atoms with E-state index in [9.17, 15) is 4.79 Å². The zero-order valence-corrected chi connectivity index (χ0v) is 8.68. The van der Waals surface area contributed by atoms with Crippen LogP contribution in [0.25, 0.3) is 0 Å². The molecule has 1 unspecified atom stereocenters. The number of carbonyl (C=O) groups is 1. The van der Waals surface area contributed by atoms with E-state index < -0.39 is 6.10 Å². The normalized spacial score (nSPS) is 11.6. The standard InChI is InChI=1S/C8H17NO3.ClH/c1-2-5-12-8(11)4-3-7(10)6-9;/h7,10H,2-6,9H2,1H3;1H. The lowest BCUT2D eigenvalue weighted by Gasteiger charge is -2.06. The Hall–Kier alpha value is -0.320. The van der Waals surface area contributed by atoms with Crippen molar-refractivity contribution in [2.75, 3.05) is 13.2 Å². The lowest BCUT2D eigenvalue weighted by atomic mass is 10.2. The maximum Gasteiger partial charge on any atom is 0.305 e. The van der Waals surface area contributed by atoms with E-state index in [4.69, 9.17) is 15.6 Å². The van der Waals surface area contributed by atoms with Crippen molar-refractivity contribution < 1.29 is 14.6 Å². The first-order chi connectivity index (χ1) is 5.70. The smallest absolute Gasteiger partial charge is 0.305 e. The SMILES string of the molecule is CCCOC(=O)CCC(O)CN.Cl. The fourth-order valence-electron chi connectivity index (χ4n) is 0.690. The average molecular weight is 212 g/mol. The van der Waals surface area contributed by atoms with Crippen LogP contribution in [0.2, 0.25) is 0 Å². The van der Waals surface area contributed by atoms with E-state index in [0.717, 1.165) is 6.42 Å². The molecule has 0 aliphatic rings. The molecule has 0 rings (SSSR count).